The second-order valence-corrected chi connectivity index (χ2v) is 10.4. The smallest absolute Gasteiger partial charge is 1.00 e. The van der Waals surface area contributed by atoms with E-state index in [1.165, 1.54) is 23.3 Å². The predicted octanol–water partition coefficient (Wildman–Crippen LogP) is 4.31. The molecule has 0 fully saturated rings. The van der Waals surface area contributed by atoms with E-state index in [9.17, 15) is 8.42 Å². The van der Waals surface area contributed by atoms with Crippen LogP contribution in [0.1, 0.15) is 54.1 Å². The Morgan fingerprint density at radius 1 is 0.649 bits per heavy atom. The van der Waals surface area contributed by atoms with Crippen molar-refractivity contribution in [2.24, 2.45) is 5.73 Å². The van der Waals surface area contributed by atoms with Crippen molar-refractivity contribution in [3.8, 4) is 0 Å². The maximum Gasteiger partial charge on any atom is 2.00 e. The van der Waals surface area contributed by atoms with Crippen LogP contribution in [0.15, 0.2) is 120 Å². The van der Waals surface area contributed by atoms with E-state index in [1.54, 1.807) is 18.2 Å². The van der Waals surface area contributed by atoms with Crippen LogP contribution in [0.25, 0.3) is 4.72 Å². The number of nitrogens with two attached hydrogens (primary N) is 1. The normalized spacial score (nSPS) is 12.2. The molecule has 0 aliphatic heterocycles. The molecule has 4 aromatic rings. The van der Waals surface area contributed by atoms with Gasteiger partial charge in [0.1, 0.15) is 10.0 Å². The first-order valence-electron chi connectivity index (χ1n) is 11.7. The van der Waals surface area contributed by atoms with Gasteiger partial charge >= 0.3 is 19.5 Å². The topological polar surface area (TPSA) is 74.3 Å². The van der Waals surface area contributed by atoms with Gasteiger partial charge in [-0.3, -0.25) is 0 Å². The molecule has 7 heteroatoms. The van der Waals surface area contributed by atoms with Gasteiger partial charge in [0.2, 0.25) is 0 Å². The summed E-state index contributed by atoms with van der Waals surface area (Å²) in [5.74, 6) is 0.653. The number of sulfonamides is 1. The van der Waals surface area contributed by atoms with Crippen molar-refractivity contribution in [2.75, 3.05) is 0 Å². The van der Waals surface area contributed by atoms with Crippen LogP contribution in [-0.2, 0) is 29.5 Å². The minimum atomic E-state index is -3.82. The minimum Gasteiger partial charge on any atom is -1.00 e. The molecule has 0 radical (unpaired) electrons. The Morgan fingerprint density at radius 3 is 1.54 bits per heavy atom. The molecule has 4 aromatic carbocycles. The van der Waals surface area contributed by atoms with Crippen molar-refractivity contribution < 1.29 is 40.3 Å². The molecule has 0 heterocycles. The Labute approximate surface area is 240 Å². The van der Waals surface area contributed by atoms with E-state index < -0.39 is 22.1 Å². The predicted molar refractivity (Wildman–Crippen MR) is 145 cm³/mol. The molecule has 4 nitrogen and oxygen atoms in total. The van der Waals surface area contributed by atoms with E-state index in [2.05, 4.69) is 49.8 Å². The summed E-state index contributed by atoms with van der Waals surface area (Å²) in [6.07, 6.45) is 0. The van der Waals surface area contributed by atoms with E-state index in [4.69, 9.17) is 5.73 Å². The van der Waals surface area contributed by atoms with Crippen molar-refractivity contribution in [2.45, 2.75) is 43.7 Å². The summed E-state index contributed by atoms with van der Waals surface area (Å²) in [5.41, 5.74) is 10.8. The van der Waals surface area contributed by atoms with E-state index >= 15 is 0 Å². The minimum absolute atomic E-state index is 0. The molecule has 2 atom stereocenters. The molecule has 0 amide bonds. The number of aryl methyl sites for hydroxylation is 1. The van der Waals surface area contributed by atoms with Crippen LogP contribution >= 0.6 is 0 Å². The van der Waals surface area contributed by atoms with Gasteiger partial charge < -0.3 is 22.9 Å². The summed E-state index contributed by atoms with van der Waals surface area (Å²) >= 11 is 0. The number of rotatable bonds is 7. The molecule has 0 saturated heterocycles. The van der Waals surface area contributed by atoms with Crippen molar-refractivity contribution in [1.82, 2.24) is 0 Å². The summed E-state index contributed by atoms with van der Waals surface area (Å²) in [6.45, 7) is 6.54. The molecular formula is C30H33ClN2O2RuS. The van der Waals surface area contributed by atoms with E-state index in [1.807, 2.05) is 60.7 Å². The second kappa shape index (κ2) is 15.8. The fraction of sp³-hybridized carbons (Fsp3) is 0.200. The largest absolute Gasteiger partial charge is 2.00 e. The maximum absolute atomic E-state index is 12.7. The summed E-state index contributed by atoms with van der Waals surface area (Å²) < 4.78 is 29.6. The number of hydrogen-bond acceptors (Lipinski definition) is 3. The molecule has 0 aliphatic carbocycles. The number of halogens is 1. The van der Waals surface area contributed by atoms with Gasteiger partial charge in [0.25, 0.3) is 0 Å². The van der Waals surface area contributed by atoms with Crippen molar-refractivity contribution in [3.63, 3.8) is 0 Å². The van der Waals surface area contributed by atoms with Gasteiger partial charge in [-0.2, -0.15) is 0 Å². The first-order valence-corrected chi connectivity index (χ1v) is 13.2. The number of hydrogen-bond donors (Lipinski definition) is 1. The van der Waals surface area contributed by atoms with E-state index in [0.717, 1.165) is 11.1 Å². The van der Waals surface area contributed by atoms with Crippen molar-refractivity contribution in [3.05, 3.63) is 142 Å². The molecule has 0 aromatic heterocycles. The third-order valence-electron chi connectivity index (χ3n) is 5.70. The molecule has 37 heavy (non-hydrogen) atoms. The van der Waals surface area contributed by atoms with Gasteiger partial charge in [-0.25, -0.2) is 8.42 Å². The van der Waals surface area contributed by atoms with E-state index in [-0.39, 0.29) is 36.8 Å². The standard InChI is InChI=1S/C20H19N2O2S.C10H14.ClH.Ru/c21-19(16-10-4-1-5-11-16)20(17-12-6-2-7-13-17)22-25(23,24)18-14-8-3-9-15-18;1-8(2)10-6-4-9(3)5-7-10;;/h1-15,19-20H,21H2;4-8H,1-3H3;1H;/q-1;;;+2/p-1/t19-,20-;;;/m1.../s1. The maximum atomic E-state index is 12.7. The molecule has 4 rings (SSSR count). The van der Waals surface area contributed by atoms with Crippen LogP contribution in [0, 0.1) is 6.92 Å². The molecular weight excluding hydrogens is 589 g/mol. The summed E-state index contributed by atoms with van der Waals surface area (Å²) in [5, 5.41) is 0. The van der Waals surface area contributed by atoms with Gasteiger partial charge in [-0.05, 0) is 36.1 Å². The SMILES string of the molecule is Cc1ccc(C(C)C)cc1.N[C@H](c1ccccc1)[C@H]([N-]S(=O)(=O)c1ccccc1)c1ccccc1.[Cl-].[Ru+2]. The van der Waals surface area contributed by atoms with Crippen molar-refractivity contribution in [1.29, 1.82) is 0 Å². The van der Waals surface area contributed by atoms with Crippen LogP contribution in [-0.4, -0.2) is 8.42 Å². The fourth-order valence-corrected chi connectivity index (χ4v) is 4.77. The van der Waals surface area contributed by atoms with E-state index in [0.29, 0.717) is 5.92 Å². The van der Waals surface area contributed by atoms with Gasteiger partial charge in [-0.1, -0.05) is 134 Å². The van der Waals surface area contributed by atoms with Crippen LogP contribution in [0.5, 0.6) is 0 Å². The van der Waals surface area contributed by atoms with Crippen LogP contribution < -0.4 is 18.1 Å². The Hall–Kier alpha value is -2.34. The molecule has 0 spiro atoms. The summed E-state index contributed by atoms with van der Waals surface area (Å²) in [6, 6.07) is 34.3. The fourth-order valence-electron chi connectivity index (χ4n) is 3.60. The Balaban J connectivity index is 0.000000485. The first kappa shape index (κ1) is 32.7. The quantitative estimate of drug-likeness (QED) is 0.313. The number of benzene rings is 4. The Kier molecular flexibility index (Phi) is 14.0. The Bertz CT molecular complexity index is 1270. The van der Waals surface area contributed by atoms with Gasteiger partial charge in [-0.15, -0.1) is 0 Å². The molecule has 0 bridgehead atoms. The molecule has 2 N–H and O–H groups in total. The molecule has 0 unspecified atom stereocenters. The van der Waals surface area contributed by atoms with Gasteiger partial charge in [0, 0.05) is 10.9 Å². The zero-order chi connectivity index (χ0) is 25.3. The third kappa shape index (κ3) is 9.81. The average Bonchev–Trinajstić information content (AvgIpc) is 2.89. The molecule has 0 aliphatic rings. The third-order valence-corrected chi connectivity index (χ3v) is 7.08. The van der Waals surface area contributed by atoms with Gasteiger partial charge in [0.15, 0.2) is 0 Å². The molecule has 196 valence electrons. The second-order valence-electron chi connectivity index (χ2n) is 8.75. The summed E-state index contributed by atoms with van der Waals surface area (Å²) in [4.78, 5) is 0.163. The summed E-state index contributed by atoms with van der Waals surface area (Å²) in [7, 11) is -3.82. The first-order chi connectivity index (χ1) is 16.8. The average molecular weight is 622 g/mol. The zero-order valence-electron chi connectivity index (χ0n) is 21.2. The Morgan fingerprint density at radius 2 is 1.08 bits per heavy atom. The monoisotopic (exact) mass is 622 g/mol. The van der Waals surface area contributed by atoms with Gasteiger partial charge in [0.05, 0.1) is 0 Å². The zero-order valence-corrected chi connectivity index (χ0v) is 24.5. The van der Waals surface area contributed by atoms with Crippen LogP contribution in [0.2, 0.25) is 0 Å². The number of nitrogens with zero attached hydrogens (tertiary/aromatic N) is 1. The molecule has 0 saturated carbocycles. The van der Waals surface area contributed by atoms with Crippen molar-refractivity contribution >= 4 is 10.0 Å². The van der Waals surface area contributed by atoms with Crippen LogP contribution in [0.3, 0.4) is 0 Å². The van der Waals surface area contributed by atoms with Crippen LogP contribution in [0.4, 0.5) is 0 Å².